The van der Waals surface area contributed by atoms with Crippen LogP contribution in [0, 0.1) is 5.82 Å². The predicted molar refractivity (Wildman–Crippen MR) is 80.8 cm³/mol. The third-order valence-electron chi connectivity index (χ3n) is 3.55. The lowest BCUT2D eigenvalue weighted by Crippen LogP contribution is -2.42. The van der Waals surface area contributed by atoms with Crippen molar-refractivity contribution in [2.24, 2.45) is 0 Å². The van der Waals surface area contributed by atoms with Crippen molar-refractivity contribution in [3.8, 4) is 0 Å². The summed E-state index contributed by atoms with van der Waals surface area (Å²) < 4.78 is 34.1. The van der Waals surface area contributed by atoms with E-state index in [-0.39, 0.29) is 5.25 Å². The average Bonchev–Trinajstić information content (AvgIpc) is 2.39. The van der Waals surface area contributed by atoms with E-state index in [2.05, 4.69) is 10.2 Å². The molecule has 1 saturated heterocycles. The lowest BCUT2D eigenvalue weighted by Gasteiger charge is -2.37. The van der Waals surface area contributed by atoms with Crippen molar-refractivity contribution in [3.05, 3.63) is 29.6 Å². The van der Waals surface area contributed by atoms with Gasteiger partial charge in [-0.25, -0.2) is 4.39 Å². The molecule has 4 nitrogen and oxygen atoms in total. The van der Waals surface area contributed by atoms with Gasteiger partial charge in [0, 0.05) is 38.0 Å². The van der Waals surface area contributed by atoms with Gasteiger partial charge in [-0.15, -0.1) is 0 Å². The Labute approximate surface area is 121 Å². The molecule has 1 aromatic rings. The van der Waals surface area contributed by atoms with Crippen LogP contribution in [0.15, 0.2) is 23.1 Å². The summed E-state index contributed by atoms with van der Waals surface area (Å²) in [4.78, 5) is 2.54. The Morgan fingerprint density at radius 3 is 2.50 bits per heavy atom. The minimum Gasteiger partial charge on any atom is -0.314 e. The quantitative estimate of drug-likeness (QED) is 0.800. The van der Waals surface area contributed by atoms with Gasteiger partial charge >= 0.3 is 0 Å². The van der Waals surface area contributed by atoms with Gasteiger partial charge in [0.1, 0.15) is 5.82 Å². The van der Waals surface area contributed by atoms with Gasteiger partial charge in [-0.3, -0.25) is 14.0 Å². The summed E-state index contributed by atoms with van der Waals surface area (Å²) >= 11 is 0. The molecule has 0 radical (unpaired) electrons. The highest BCUT2D eigenvalue weighted by molar-refractivity contribution is 8.24. The summed E-state index contributed by atoms with van der Waals surface area (Å²) in [6.45, 7) is 7.82. The van der Waals surface area contributed by atoms with Crippen molar-refractivity contribution in [2.45, 2.75) is 30.5 Å². The van der Waals surface area contributed by atoms with Crippen molar-refractivity contribution in [1.82, 2.24) is 10.2 Å². The number of hydrogen-bond donors (Lipinski definition) is 3. The van der Waals surface area contributed by atoms with Crippen LogP contribution in [0.1, 0.15) is 19.4 Å². The highest BCUT2D eigenvalue weighted by Gasteiger charge is 2.22. The summed E-state index contributed by atoms with van der Waals surface area (Å²) in [5.41, 5.74) is 0.794. The normalized spacial score (nSPS) is 18.5. The van der Waals surface area contributed by atoms with Crippen LogP contribution < -0.4 is 5.32 Å². The van der Waals surface area contributed by atoms with Gasteiger partial charge < -0.3 is 5.32 Å². The van der Waals surface area contributed by atoms with Crippen molar-refractivity contribution >= 4 is 10.6 Å². The fraction of sp³-hybridized carbons (Fsp3) is 0.571. The molecule has 1 fully saturated rings. The number of benzene rings is 1. The topological polar surface area (TPSA) is 55.7 Å². The fourth-order valence-electron chi connectivity index (χ4n) is 2.29. The fourth-order valence-corrected chi connectivity index (χ4v) is 3.44. The first kappa shape index (κ1) is 15.7. The Morgan fingerprint density at radius 1 is 1.25 bits per heavy atom. The van der Waals surface area contributed by atoms with Crippen molar-refractivity contribution in [2.75, 3.05) is 26.2 Å². The number of piperazine rings is 1. The number of nitrogens with zero attached hydrogens (tertiary/aromatic N) is 1. The van der Waals surface area contributed by atoms with Crippen LogP contribution in [0.25, 0.3) is 0 Å². The van der Waals surface area contributed by atoms with E-state index in [1.807, 2.05) is 0 Å². The average molecular weight is 302 g/mol. The van der Waals surface area contributed by atoms with Gasteiger partial charge in [0.15, 0.2) is 0 Å². The molecule has 6 heteroatoms. The van der Waals surface area contributed by atoms with Crippen LogP contribution in [0.5, 0.6) is 0 Å². The summed E-state index contributed by atoms with van der Waals surface area (Å²) in [6.07, 6.45) is 0. The molecule has 0 saturated carbocycles. The van der Waals surface area contributed by atoms with Gasteiger partial charge in [-0.05, 0) is 37.6 Å². The molecule has 0 atom stereocenters. The van der Waals surface area contributed by atoms with Gasteiger partial charge in [0.05, 0.1) is 4.90 Å². The number of nitrogens with one attached hydrogen (secondary N) is 1. The molecule has 0 aromatic heterocycles. The van der Waals surface area contributed by atoms with Gasteiger partial charge in [0.2, 0.25) is 0 Å². The summed E-state index contributed by atoms with van der Waals surface area (Å²) in [5, 5.41) is 2.95. The third kappa shape index (κ3) is 3.71. The van der Waals surface area contributed by atoms with Crippen molar-refractivity contribution in [3.63, 3.8) is 0 Å². The van der Waals surface area contributed by atoms with E-state index in [1.165, 1.54) is 12.1 Å². The summed E-state index contributed by atoms with van der Waals surface area (Å²) in [6, 6.07) is 4.43. The molecule has 0 bridgehead atoms. The zero-order valence-corrected chi connectivity index (χ0v) is 12.8. The molecule has 114 valence electrons. The highest BCUT2D eigenvalue weighted by Crippen LogP contribution is 2.52. The maximum absolute atomic E-state index is 13.7. The zero-order chi connectivity index (χ0) is 14.8. The van der Waals surface area contributed by atoms with Crippen LogP contribution in [-0.2, 0) is 6.54 Å². The molecule has 2 rings (SSSR count). The highest BCUT2D eigenvalue weighted by atomic mass is 32.3. The van der Waals surface area contributed by atoms with Crippen LogP contribution in [-0.4, -0.2) is 45.4 Å². The van der Waals surface area contributed by atoms with E-state index < -0.39 is 16.4 Å². The Bertz CT molecular complexity index is 462. The lowest BCUT2D eigenvalue weighted by atomic mass is 10.2. The van der Waals surface area contributed by atoms with E-state index in [0.717, 1.165) is 31.7 Å². The van der Waals surface area contributed by atoms with Crippen molar-refractivity contribution < 1.29 is 13.5 Å². The standard InChI is InChI=1S/C14H23FN2O2S/c1-11(2)20(18,19)14-8-12(7-13(15)9-14)10-17-5-3-16-4-6-17/h7-9,11,16,18-19H,3-6,10H2,1-2H3. The van der Waals surface area contributed by atoms with Gasteiger partial charge in [0.25, 0.3) is 0 Å². The van der Waals surface area contributed by atoms with E-state index in [4.69, 9.17) is 0 Å². The van der Waals surface area contributed by atoms with Gasteiger partial charge in [-0.2, -0.15) is 10.6 Å². The first-order valence-corrected chi connectivity index (χ1v) is 8.50. The zero-order valence-electron chi connectivity index (χ0n) is 12.0. The molecule has 20 heavy (non-hydrogen) atoms. The Hall–Kier alpha value is -0.660. The number of hydrogen-bond acceptors (Lipinski definition) is 4. The lowest BCUT2D eigenvalue weighted by molar-refractivity contribution is 0.233. The Balaban J connectivity index is 2.20. The second-order valence-corrected chi connectivity index (χ2v) is 8.06. The number of halogens is 1. The van der Waals surface area contributed by atoms with Crippen LogP contribution in [0.3, 0.4) is 0 Å². The van der Waals surface area contributed by atoms with E-state index in [1.54, 1.807) is 19.9 Å². The molecule has 1 heterocycles. The van der Waals surface area contributed by atoms with Crippen LogP contribution in [0.2, 0.25) is 0 Å². The van der Waals surface area contributed by atoms with Crippen LogP contribution >= 0.6 is 10.6 Å². The maximum Gasteiger partial charge on any atom is 0.125 e. The Kier molecular flexibility index (Phi) is 5.04. The van der Waals surface area contributed by atoms with E-state index in [0.29, 0.717) is 11.4 Å². The van der Waals surface area contributed by atoms with E-state index in [9.17, 15) is 13.5 Å². The predicted octanol–water partition coefficient (Wildman–Crippen LogP) is 2.75. The Morgan fingerprint density at radius 2 is 1.90 bits per heavy atom. The largest absolute Gasteiger partial charge is 0.314 e. The third-order valence-corrected chi connectivity index (χ3v) is 5.80. The molecule has 1 aromatic carbocycles. The molecular formula is C14H23FN2O2S. The van der Waals surface area contributed by atoms with Gasteiger partial charge in [-0.1, -0.05) is 0 Å². The van der Waals surface area contributed by atoms with E-state index >= 15 is 0 Å². The molecular weight excluding hydrogens is 279 g/mol. The number of rotatable bonds is 4. The molecule has 0 amide bonds. The summed E-state index contributed by atoms with van der Waals surface area (Å²) in [7, 11) is -2.93. The molecule has 1 aliphatic rings. The summed E-state index contributed by atoms with van der Waals surface area (Å²) in [5.74, 6) is -0.409. The minimum absolute atomic E-state index is 0.303. The molecule has 0 aliphatic carbocycles. The molecule has 0 spiro atoms. The first-order valence-electron chi connectivity index (χ1n) is 6.89. The maximum atomic E-state index is 13.7. The molecule has 0 unspecified atom stereocenters. The van der Waals surface area contributed by atoms with Crippen LogP contribution in [0.4, 0.5) is 4.39 Å². The molecule has 3 N–H and O–H groups in total. The SMILES string of the molecule is CC(C)S(O)(O)c1cc(F)cc(CN2CCNCC2)c1. The second kappa shape index (κ2) is 6.41. The first-order chi connectivity index (χ1) is 9.39. The smallest absolute Gasteiger partial charge is 0.125 e. The monoisotopic (exact) mass is 302 g/mol. The minimum atomic E-state index is -2.93. The van der Waals surface area contributed by atoms with Crippen molar-refractivity contribution in [1.29, 1.82) is 0 Å². The second-order valence-electron chi connectivity index (χ2n) is 5.46. The molecule has 1 aliphatic heterocycles.